The molecule has 0 fully saturated rings. The number of rotatable bonds is 4. The largest absolute Gasteiger partial charge is 0.361 e. The molecular weight excluding hydrogens is 262 g/mol. The summed E-state index contributed by atoms with van der Waals surface area (Å²) in [6, 6.07) is 9.38. The van der Waals surface area contributed by atoms with E-state index >= 15 is 0 Å². The second kappa shape index (κ2) is 5.84. The highest BCUT2D eigenvalue weighted by atomic mass is 16.5. The van der Waals surface area contributed by atoms with E-state index in [0.29, 0.717) is 6.42 Å². The minimum absolute atomic E-state index is 0.103. The maximum atomic E-state index is 12.5. The Morgan fingerprint density at radius 1 is 1.19 bits per heavy atom. The van der Waals surface area contributed by atoms with Gasteiger partial charge in [-0.1, -0.05) is 70.1 Å². The summed E-state index contributed by atoms with van der Waals surface area (Å²) in [6.45, 7) is 10.4. The van der Waals surface area contributed by atoms with Crippen molar-refractivity contribution in [1.82, 2.24) is 5.16 Å². The third-order valence-electron chi connectivity index (χ3n) is 3.49. The summed E-state index contributed by atoms with van der Waals surface area (Å²) in [7, 11) is 0. The summed E-state index contributed by atoms with van der Waals surface area (Å²) in [5, 5.41) is 4.23. The normalized spacial score (nSPS) is 11.9. The Labute approximate surface area is 126 Å². The third kappa shape index (κ3) is 3.41. The van der Waals surface area contributed by atoms with Crippen molar-refractivity contribution >= 4 is 5.78 Å². The molecule has 0 spiro atoms. The van der Waals surface area contributed by atoms with Crippen molar-refractivity contribution in [2.75, 3.05) is 0 Å². The van der Waals surface area contributed by atoms with Crippen molar-refractivity contribution in [1.29, 1.82) is 0 Å². The molecular formula is C18H23NO2. The van der Waals surface area contributed by atoms with Crippen molar-refractivity contribution in [2.45, 2.75) is 52.4 Å². The van der Waals surface area contributed by atoms with Crippen LogP contribution in [0.3, 0.4) is 0 Å². The first kappa shape index (κ1) is 15.5. The summed E-state index contributed by atoms with van der Waals surface area (Å²) in [6.07, 6.45) is 0.341. The highest BCUT2D eigenvalue weighted by Gasteiger charge is 2.28. The van der Waals surface area contributed by atoms with Gasteiger partial charge in [-0.15, -0.1) is 0 Å². The maximum absolute atomic E-state index is 12.5. The molecule has 1 heterocycles. The van der Waals surface area contributed by atoms with Crippen LogP contribution in [-0.4, -0.2) is 10.9 Å². The second-order valence-corrected chi connectivity index (χ2v) is 6.74. The molecule has 3 heteroatoms. The molecule has 2 aromatic rings. The topological polar surface area (TPSA) is 43.1 Å². The van der Waals surface area contributed by atoms with Crippen LogP contribution in [0, 0.1) is 0 Å². The molecule has 0 unspecified atom stereocenters. The van der Waals surface area contributed by atoms with Crippen LogP contribution in [0.2, 0.25) is 0 Å². The van der Waals surface area contributed by atoms with Crippen LogP contribution in [0.5, 0.6) is 0 Å². The molecule has 1 aromatic carbocycles. The molecule has 0 radical (unpaired) electrons. The van der Waals surface area contributed by atoms with Crippen molar-refractivity contribution in [3.05, 3.63) is 52.9 Å². The third-order valence-corrected chi connectivity index (χ3v) is 3.49. The first-order valence-corrected chi connectivity index (χ1v) is 7.38. The number of aromatic nitrogens is 1. The fraction of sp³-hybridized carbons (Fsp3) is 0.444. The van der Waals surface area contributed by atoms with E-state index in [-0.39, 0.29) is 17.1 Å². The molecule has 0 aliphatic heterocycles. The number of Topliss-reactive ketones (excluding diaryl/α,β-unsaturated/α-hetero) is 1. The van der Waals surface area contributed by atoms with Crippen LogP contribution in [0.1, 0.15) is 67.9 Å². The number of nitrogens with zero attached hydrogens (tertiary/aromatic N) is 1. The summed E-state index contributed by atoms with van der Waals surface area (Å²) in [5.41, 5.74) is 2.43. The number of carbonyl (C=O) groups excluding carboxylic acids is 1. The smallest absolute Gasteiger partial charge is 0.167 e. The summed E-state index contributed by atoms with van der Waals surface area (Å²) < 4.78 is 5.52. The lowest BCUT2D eigenvalue weighted by molar-refractivity contribution is 0.0992. The van der Waals surface area contributed by atoms with Gasteiger partial charge in [0, 0.05) is 28.9 Å². The van der Waals surface area contributed by atoms with Crippen LogP contribution in [0.15, 0.2) is 34.9 Å². The van der Waals surface area contributed by atoms with E-state index in [0.717, 1.165) is 22.6 Å². The molecule has 0 saturated heterocycles. The quantitative estimate of drug-likeness (QED) is 0.776. The number of ketones is 1. The number of carbonyl (C=O) groups is 1. The van der Waals surface area contributed by atoms with Gasteiger partial charge in [-0.25, -0.2) is 0 Å². The lowest BCUT2D eigenvalue weighted by atomic mass is 9.85. The zero-order valence-corrected chi connectivity index (χ0v) is 13.4. The van der Waals surface area contributed by atoms with E-state index in [4.69, 9.17) is 4.52 Å². The van der Waals surface area contributed by atoms with Crippen LogP contribution in [0.4, 0.5) is 0 Å². The molecule has 0 atom stereocenters. The predicted octanol–water partition coefficient (Wildman–Crippen LogP) is 4.52. The zero-order valence-electron chi connectivity index (χ0n) is 13.4. The van der Waals surface area contributed by atoms with Crippen molar-refractivity contribution in [3.8, 4) is 0 Å². The molecule has 0 bridgehead atoms. The Balaban J connectivity index is 2.38. The number of hydrogen-bond acceptors (Lipinski definition) is 3. The average Bonchev–Trinajstić information content (AvgIpc) is 2.83. The Bertz CT molecular complexity index is 618. The molecule has 112 valence electrons. The Morgan fingerprint density at radius 2 is 1.81 bits per heavy atom. The van der Waals surface area contributed by atoms with Gasteiger partial charge in [0.25, 0.3) is 0 Å². The summed E-state index contributed by atoms with van der Waals surface area (Å²) in [5.74, 6) is 1.14. The zero-order chi connectivity index (χ0) is 15.6. The molecule has 2 rings (SSSR count). The standard InChI is InChI=1S/C18H23NO2/c1-12(2)16-14(17(19-21-16)18(3,4)5)11-15(20)13-9-7-6-8-10-13/h6-10,12H,11H2,1-5H3. The van der Waals surface area contributed by atoms with Gasteiger partial charge in [0.15, 0.2) is 5.78 Å². The Hall–Kier alpha value is -1.90. The van der Waals surface area contributed by atoms with Crippen LogP contribution < -0.4 is 0 Å². The predicted molar refractivity (Wildman–Crippen MR) is 83.8 cm³/mol. The van der Waals surface area contributed by atoms with Gasteiger partial charge in [0.05, 0.1) is 5.69 Å². The summed E-state index contributed by atoms with van der Waals surface area (Å²) in [4.78, 5) is 12.5. The Morgan fingerprint density at radius 3 is 2.33 bits per heavy atom. The molecule has 0 aliphatic carbocycles. The van der Waals surface area contributed by atoms with E-state index in [1.165, 1.54) is 0 Å². The van der Waals surface area contributed by atoms with Gasteiger partial charge in [0.2, 0.25) is 0 Å². The molecule has 0 saturated carbocycles. The van der Waals surface area contributed by atoms with Gasteiger partial charge in [0.1, 0.15) is 5.76 Å². The van der Waals surface area contributed by atoms with E-state index in [2.05, 4.69) is 39.8 Å². The van der Waals surface area contributed by atoms with E-state index in [1.54, 1.807) is 0 Å². The molecule has 21 heavy (non-hydrogen) atoms. The van der Waals surface area contributed by atoms with Crippen LogP contribution >= 0.6 is 0 Å². The fourth-order valence-corrected chi connectivity index (χ4v) is 2.42. The minimum Gasteiger partial charge on any atom is -0.361 e. The molecule has 0 amide bonds. The van der Waals surface area contributed by atoms with E-state index in [1.807, 2.05) is 30.3 Å². The van der Waals surface area contributed by atoms with E-state index < -0.39 is 0 Å². The van der Waals surface area contributed by atoms with Gasteiger partial charge >= 0.3 is 0 Å². The average molecular weight is 285 g/mol. The summed E-state index contributed by atoms with van der Waals surface area (Å²) >= 11 is 0. The second-order valence-electron chi connectivity index (χ2n) is 6.74. The van der Waals surface area contributed by atoms with Crippen molar-refractivity contribution in [3.63, 3.8) is 0 Å². The van der Waals surface area contributed by atoms with Gasteiger partial charge in [-0.05, 0) is 0 Å². The minimum atomic E-state index is -0.136. The molecule has 3 nitrogen and oxygen atoms in total. The van der Waals surface area contributed by atoms with Gasteiger partial charge in [-0.3, -0.25) is 4.79 Å². The Kier molecular flexibility index (Phi) is 4.31. The number of benzene rings is 1. The molecule has 0 N–H and O–H groups in total. The first-order valence-electron chi connectivity index (χ1n) is 7.38. The fourth-order valence-electron chi connectivity index (χ4n) is 2.42. The molecule has 0 aliphatic rings. The van der Waals surface area contributed by atoms with E-state index in [9.17, 15) is 4.79 Å². The maximum Gasteiger partial charge on any atom is 0.167 e. The lowest BCUT2D eigenvalue weighted by Crippen LogP contribution is -2.17. The van der Waals surface area contributed by atoms with Crippen LogP contribution in [-0.2, 0) is 11.8 Å². The van der Waals surface area contributed by atoms with Crippen molar-refractivity contribution in [2.24, 2.45) is 0 Å². The SMILES string of the molecule is CC(C)c1onc(C(C)(C)C)c1CC(=O)c1ccccc1. The highest BCUT2D eigenvalue weighted by Crippen LogP contribution is 2.31. The van der Waals surface area contributed by atoms with Crippen molar-refractivity contribution < 1.29 is 9.32 Å². The monoisotopic (exact) mass is 285 g/mol. The molecule has 1 aromatic heterocycles. The lowest BCUT2D eigenvalue weighted by Gasteiger charge is -2.17. The first-order chi connectivity index (χ1) is 9.80. The highest BCUT2D eigenvalue weighted by molar-refractivity contribution is 5.97. The van der Waals surface area contributed by atoms with Gasteiger partial charge in [-0.2, -0.15) is 0 Å². The van der Waals surface area contributed by atoms with Gasteiger partial charge < -0.3 is 4.52 Å². The van der Waals surface area contributed by atoms with Crippen LogP contribution in [0.25, 0.3) is 0 Å². The number of hydrogen-bond donors (Lipinski definition) is 0.